The zero-order chi connectivity index (χ0) is 15.7. The van der Waals surface area contributed by atoms with E-state index in [1.54, 1.807) is 6.07 Å². The van der Waals surface area contributed by atoms with Crippen LogP contribution in [0.3, 0.4) is 0 Å². The second-order valence-corrected chi connectivity index (χ2v) is 5.12. The zero-order valence-corrected chi connectivity index (χ0v) is 12.7. The normalized spacial score (nSPS) is 13.4. The van der Waals surface area contributed by atoms with Crippen molar-refractivity contribution in [1.82, 2.24) is 5.32 Å². The average Bonchev–Trinajstić information content (AvgIpc) is 2.45. The van der Waals surface area contributed by atoms with Gasteiger partial charge < -0.3 is 10.1 Å². The minimum atomic E-state index is -4.29. The summed E-state index contributed by atoms with van der Waals surface area (Å²) in [5.74, 6) is 0. The van der Waals surface area contributed by atoms with Gasteiger partial charge in [0, 0.05) is 19.3 Å². The van der Waals surface area contributed by atoms with Crippen LogP contribution in [0.4, 0.5) is 13.2 Å². The summed E-state index contributed by atoms with van der Waals surface area (Å²) in [5.41, 5.74) is 0.0493. The lowest BCUT2D eigenvalue weighted by molar-refractivity contribution is -0.137. The van der Waals surface area contributed by atoms with Gasteiger partial charge in [-0.2, -0.15) is 13.2 Å². The number of hydrogen-bond donors (Lipinski definition) is 1. The van der Waals surface area contributed by atoms with Gasteiger partial charge in [0.25, 0.3) is 0 Å². The van der Waals surface area contributed by atoms with E-state index in [4.69, 9.17) is 4.74 Å². The Morgan fingerprint density at radius 1 is 1.19 bits per heavy atom. The molecule has 1 N–H and O–H groups in total. The highest BCUT2D eigenvalue weighted by molar-refractivity contribution is 5.27. The van der Waals surface area contributed by atoms with Gasteiger partial charge in [-0.15, -0.1) is 0 Å². The molecule has 0 saturated carbocycles. The molecule has 21 heavy (non-hydrogen) atoms. The van der Waals surface area contributed by atoms with Gasteiger partial charge in [-0.3, -0.25) is 0 Å². The van der Waals surface area contributed by atoms with Crippen LogP contribution < -0.4 is 5.32 Å². The van der Waals surface area contributed by atoms with Crippen molar-refractivity contribution in [3.63, 3.8) is 0 Å². The van der Waals surface area contributed by atoms with E-state index in [9.17, 15) is 13.2 Å². The molecule has 120 valence electrons. The van der Waals surface area contributed by atoms with E-state index < -0.39 is 11.7 Å². The predicted molar refractivity (Wildman–Crippen MR) is 78.2 cm³/mol. The summed E-state index contributed by atoms with van der Waals surface area (Å²) in [5, 5.41) is 3.22. The largest absolute Gasteiger partial charge is 0.416 e. The molecule has 0 heterocycles. The van der Waals surface area contributed by atoms with E-state index in [1.807, 2.05) is 6.92 Å². The molecule has 0 fully saturated rings. The molecule has 0 bridgehead atoms. The van der Waals surface area contributed by atoms with Crippen LogP contribution in [-0.2, 0) is 10.9 Å². The maximum atomic E-state index is 12.6. The van der Waals surface area contributed by atoms with Crippen LogP contribution in [0.25, 0.3) is 0 Å². The molecule has 1 aromatic rings. The fourth-order valence-electron chi connectivity index (χ4n) is 1.94. The number of benzene rings is 1. The Labute approximate surface area is 124 Å². The summed E-state index contributed by atoms with van der Waals surface area (Å²) in [6, 6.07) is 5.35. The van der Waals surface area contributed by atoms with E-state index in [1.165, 1.54) is 12.1 Å². The highest BCUT2D eigenvalue weighted by atomic mass is 19.4. The highest BCUT2D eigenvalue weighted by Gasteiger charge is 2.30. The minimum Gasteiger partial charge on any atom is -0.381 e. The molecular weight excluding hydrogens is 279 g/mol. The van der Waals surface area contributed by atoms with Gasteiger partial charge in [0.05, 0.1) is 5.56 Å². The third-order valence-electron chi connectivity index (χ3n) is 3.27. The Balaban J connectivity index is 2.34. The fraction of sp³-hybridized carbons (Fsp3) is 0.625. The van der Waals surface area contributed by atoms with E-state index in [0.29, 0.717) is 12.2 Å². The summed E-state index contributed by atoms with van der Waals surface area (Å²) in [4.78, 5) is 0. The van der Waals surface area contributed by atoms with Crippen molar-refractivity contribution in [2.45, 2.75) is 45.3 Å². The molecule has 0 radical (unpaired) electrons. The quantitative estimate of drug-likeness (QED) is 0.675. The molecule has 0 aliphatic rings. The summed E-state index contributed by atoms with van der Waals surface area (Å²) in [6.07, 6.45) is -1.26. The van der Waals surface area contributed by atoms with Crippen LogP contribution in [0.5, 0.6) is 0 Å². The van der Waals surface area contributed by atoms with Gasteiger partial charge in [-0.25, -0.2) is 0 Å². The fourth-order valence-corrected chi connectivity index (χ4v) is 1.94. The number of alkyl halides is 3. The van der Waals surface area contributed by atoms with Crippen molar-refractivity contribution in [2.75, 3.05) is 19.8 Å². The first kappa shape index (κ1) is 18.0. The standard InChI is InChI=1S/C16H24F3NO/c1-3-4-10-21-11-6-9-20-13(2)14-7-5-8-15(12-14)16(17,18)19/h5,7-8,12-13,20H,3-4,6,9-11H2,1-2H3. The number of unbranched alkanes of at least 4 members (excludes halogenated alkanes) is 1. The lowest BCUT2D eigenvalue weighted by Gasteiger charge is -2.16. The molecule has 0 amide bonds. The smallest absolute Gasteiger partial charge is 0.381 e. The Morgan fingerprint density at radius 2 is 1.90 bits per heavy atom. The molecule has 2 nitrogen and oxygen atoms in total. The van der Waals surface area contributed by atoms with E-state index in [2.05, 4.69) is 12.2 Å². The molecule has 0 aliphatic heterocycles. The van der Waals surface area contributed by atoms with Crippen molar-refractivity contribution in [3.05, 3.63) is 35.4 Å². The third kappa shape index (κ3) is 6.96. The predicted octanol–water partition coefficient (Wildman–Crippen LogP) is 4.56. The Morgan fingerprint density at radius 3 is 2.57 bits per heavy atom. The third-order valence-corrected chi connectivity index (χ3v) is 3.27. The SMILES string of the molecule is CCCCOCCCNC(C)c1cccc(C(F)(F)F)c1. The molecule has 0 aliphatic carbocycles. The molecule has 1 atom stereocenters. The van der Waals surface area contributed by atoms with E-state index in [-0.39, 0.29) is 6.04 Å². The minimum absolute atomic E-state index is 0.108. The molecule has 0 saturated heterocycles. The van der Waals surface area contributed by atoms with Gasteiger partial charge in [0.15, 0.2) is 0 Å². The maximum absolute atomic E-state index is 12.6. The van der Waals surface area contributed by atoms with E-state index >= 15 is 0 Å². The number of hydrogen-bond acceptors (Lipinski definition) is 2. The molecule has 5 heteroatoms. The molecule has 1 aromatic carbocycles. The van der Waals surface area contributed by atoms with Crippen molar-refractivity contribution >= 4 is 0 Å². The lowest BCUT2D eigenvalue weighted by Crippen LogP contribution is -2.21. The van der Waals surface area contributed by atoms with Gasteiger partial charge in [-0.05, 0) is 44.0 Å². The van der Waals surface area contributed by atoms with Crippen molar-refractivity contribution < 1.29 is 17.9 Å². The number of halogens is 3. The second kappa shape index (κ2) is 9.05. The van der Waals surface area contributed by atoms with Crippen molar-refractivity contribution in [3.8, 4) is 0 Å². The summed E-state index contributed by atoms with van der Waals surface area (Å²) in [6.45, 7) is 6.17. The van der Waals surface area contributed by atoms with Gasteiger partial charge in [-0.1, -0.05) is 25.5 Å². The maximum Gasteiger partial charge on any atom is 0.416 e. The van der Waals surface area contributed by atoms with Crippen LogP contribution >= 0.6 is 0 Å². The molecular formula is C16H24F3NO. The van der Waals surface area contributed by atoms with Crippen molar-refractivity contribution in [1.29, 1.82) is 0 Å². The molecule has 0 spiro atoms. The number of nitrogens with one attached hydrogen (secondary N) is 1. The van der Waals surface area contributed by atoms with Crippen LogP contribution in [0, 0.1) is 0 Å². The first-order valence-electron chi connectivity index (χ1n) is 7.43. The summed E-state index contributed by atoms with van der Waals surface area (Å²) < 4.78 is 43.4. The molecule has 1 rings (SSSR count). The molecule has 0 aromatic heterocycles. The topological polar surface area (TPSA) is 21.3 Å². The first-order chi connectivity index (χ1) is 9.95. The Kier molecular flexibility index (Phi) is 7.75. The van der Waals surface area contributed by atoms with Crippen LogP contribution in [0.2, 0.25) is 0 Å². The Bertz CT molecular complexity index is 407. The molecule has 1 unspecified atom stereocenters. The lowest BCUT2D eigenvalue weighted by atomic mass is 10.0. The Hall–Kier alpha value is -1.07. The van der Waals surface area contributed by atoms with Gasteiger partial charge in [0.1, 0.15) is 0 Å². The average molecular weight is 303 g/mol. The van der Waals surface area contributed by atoms with Gasteiger partial charge in [0.2, 0.25) is 0 Å². The van der Waals surface area contributed by atoms with E-state index in [0.717, 1.165) is 38.5 Å². The number of ether oxygens (including phenoxy) is 1. The van der Waals surface area contributed by atoms with Crippen LogP contribution in [0.1, 0.15) is 50.3 Å². The zero-order valence-electron chi connectivity index (χ0n) is 12.7. The van der Waals surface area contributed by atoms with Crippen LogP contribution in [-0.4, -0.2) is 19.8 Å². The second-order valence-electron chi connectivity index (χ2n) is 5.12. The summed E-state index contributed by atoms with van der Waals surface area (Å²) in [7, 11) is 0. The highest BCUT2D eigenvalue weighted by Crippen LogP contribution is 2.30. The first-order valence-corrected chi connectivity index (χ1v) is 7.43. The summed E-state index contributed by atoms with van der Waals surface area (Å²) >= 11 is 0. The monoisotopic (exact) mass is 303 g/mol. The number of rotatable bonds is 9. The van der Waals surface area contributed by atoms with Gasteiger partial charge >= 0.3 is 6.18 Å². The van der Waals surface area contributed by atoms with Crippen molar-refractivity contribution in [2.24, 2.45) is 0 Å². The van der Waals surface area contributed by atoms with Crippen LogP contribution in [0.15, 0.2) is 24.3 Å².